The predicted molar refractivity (Wildman–Crippen MR) is 87.5 cm³/mol. The largest absolute Gasteiger partial charge is 0.480 e. The molecule has 5 heteroatoms. The number of rotatable bonds is 3. The van der Waals surface area contributed by atoms with E-state index in [1.807, 2.05) is 11.0 Å². The molecule has 2 rings (SSSR count). The Morgan fingerprint density at radius 3 is 2.73 bits per heavy atom. The second-order valence-corrected chi connectivity index (χ2v) is 7.32. The van der Waals surface area contributed by atoms with Crippen molar-refractivity contribution >= 4 is 17.6 Å². The van der Waals surface area contributed by atoms with E-state index in [1.165, 1.54) is 0 Å². The van der Waals surface area contributed by atoms with Crippen LogP contribution in [0.1, 0.15) is 37.5 Å². The number of carboxylic acids is 1. The number of ether oxygens (including phenoxy) is 1. The van der Waals surface area contributed by atoms with Gasteiger partial charge in [-0.1, -0.05) is 38.4 Å². The number of benzene rings is 1. The molecule has 122 valence electrons. The van der Waals surface area contributed by atoms with Gasteiger partial charge in [0.25, 0.3) is 0 Å². The van der Waals surface area contributed by atoms with Crippen molar-refractivity contribution in [2.75, 3.05) is 19.8 Å². The maximum Gasteiger partial charge on any atom is 0.323 e. The number of carbonyl (C=O) groups is 1. The van der Waals surface area contributed by atoms with Gasteiger partial charge in [-0.25, -0.2) is 0 Å². The molecule has 1 saturated heterocycles. The third-order valence-corrected chi connectivity index (χ3v) is 4.44. The molecule has 0 unspecified atom stereocenters. The van der Waals surface area contributed by atoms with Crippen LogP contribution in [0.15, 0.2) is 12.1 Å². The first-order valence-corrected chi connectivity index (χ1v) is 7.92. The summed E-state index contributed by atoms with van der Waals surface area (Å²) in [5.74, 6) is -0.838. The van der Waals surface area contributed by atoms with Gasteiger partial charge in [-0.15, -0.1) is 0 Å². The summed E-state index contributed by atoms with van der Waals surface area (Å²) in [6.07, 6.45) is 0. The van der Waals surface area contributed by atoms with Crippen molar-refractivity contribution in [3.8, 4) is 0 Å². The van der Waals surface area contributed by atoms with E-state index in [0.717, 1.165) is 21.7 Å². The van der Waals surface area contributed by atoms with Crippen molar-refractivity contribution in [2.45, 2.75) is 45.7 Å². The van der Waals surface area contributed by atoms with Gasteiger partial charge in [0, 0.05) is 18.1 Å². The molecule has 1 aromatic rings. The summed E-state index contributed by atoms with van der Waals surface area (Å²) in [6, 6.07) is 3.51. The van der Waals surface area contributed by atoms with Gasteiger partial charge in [0.05, 0.1) is 13.2 Å². The van der Waals surface area contributed by atoms with Crippen LogP contribution in [-0.2, 0) is 21.5 Å². The SMILES string of the molecule is Cc1cc(C(C)(C)C)c(Cl)cc1CN1CCOC[C@H]1C(=O)O. The number of aryl methyl sites for hydroxylation is 1. The topological polar surface area (TPSA) is 49.8 Å². The van der Waals surface area contributed by atoms with Gasteiger partial charge in [0.2, 0.25) is 0 Å². The molecule has 0 aromatic heterocycles. The van der Waals surface area contributed by atoms with E-state index in [1.54, 1.807) is 0 Å². The first-order chi connectivity index (χ1) is 10.2. The van der Waals surface area contributed by atoms with Gasteiger partial charge in [-0.05, 0) is 35.1 Å². The van der Waals surface area contributed by atoms with E-state index in [4.69, 9.17) is 16.3 Å². The molecular formula is C17H24ClNO3. The zero-order valence-corrected chi connectivity index (χ0v) is 14.4. The minimum Gasteiger partial charge on any atom is -0.480 e. The highest BCUT2D eigenvalue weighted by atomic mass is 35.5. The summed E-state index contributed by atoms with van der Waals surface area (Å²) in [5, 5.41) is 10.1. The fraction of sp³-hybridized carbons (Fsp3) is 0.588. The second-order valence-electron chi connectivity index (χ2n) is 6.91. The lowest BCUT2D eigenvalue weighted by Crippen LogP contribution is -2.49. The number of morpholine rings is 1. The highest BCUT2D eigenvalue weighted by molar-refractivity contribution is 6.31. The summed E-state index contributed by atoms with van der Waals surface area (Å²) in [7, 11) is 0. The molecular weight excluding hydrogens is 302 g/mol. The van der Waals surface area contributed by atoms with Crippen molar-refractivity contribution in [3.63, 3.8) is 0 Å². The van der Waals surface area contributed by atoms with Crippen LogP contribution in [0.25, 0.3) is 0 Å². The first-order valence-electron chi connectivity index (χ1n) is 7.54. The third-order valence-electron chi connectivity index (χ3n) is 4.13. The molecule has 0 amide bonds. The Labute approximate surface area is 137 Å². The van der Waals surface area contributed by atoms with Gasteiger partial charge in [0.1, 0.15) is 6.04 Å². The Kier molecular flexibility index (Phi) is 5.15. The van der Waals surface area contributed by atoms with Crippen molar-refractivity contribution < 1.29 is 14.6 Å². The normalized spacial score (nSPS) is 20.1. The number of aliphatic carboxylic acids is 1. The van der Waals surface area contributed by atoms with Crippen molar-refractivity contribution in [3.05, 3.63) is 33.8 Å². The average Bonchev–Trinajstić information content (AvgIpc) is 2.41. The van der Waals surface area contributed by atoms with Crippen LogP contribution in [0, 0.1) is 6.92 Å². The molecule has 22 heavy (non-hydrogen) atoms. The molecule has 1 aliphatic heterocycles. The lowest BCUT2D eigenvalue weighted by molar-refractivity contribution is -0.150. The van der Waals surface area contributed by atoms with Crippen molar-refractivity contribution in [1.82, 2.24) is 4.90 Å². The first kappa shape index (κ1) is 17.3. The Bertz CT molecular complexity index is 566. The van der Waals surface area contributed by atoms with Crippen molar-refractivity contribution in [1.29, 1.82) is 0 Å². The van der Waals surface area contributed by atoms with Crippen LogP contribution < -0.4 is 0 Å². The van der Waals surface area contributed by atoms with E-state index < -0.39 is 12.0 Å². The van der Waals surface area contributed by atoms with Crippen LogP contribution in [0.5, 0.6) is 0 Å². The fourth-order valence-electron chi connectivity index (χ4n) is 2.74. The Balaban J connectivity index is 2.26. The molecule has 1 N–H and O–H groups in total. The van der Waals surface area contributed by atoms with Crippen molar-refractivity contribution in [2.24, 2.45) is 0 Å². The van der Waals surface area contributed by atoms with E-state index in [9.17, 15) is 9.90 Å². The quantitative estimate of drug-likeness (QED) is 0.927. The summed E-state index contributed by atoms with van der Waals surface area (Å²) >= 11 is 6.44. The highest BCUT2D eigenvalue weighted by Crippen LogP contribution is 2.32. The van der Waals surface area contributed by atoms with Gasteiger partial charge >= 0.3 is 5.97 Å². The lowest BCUT2D eigenvalue weighted by Gasteiger charge is -2.33. The fourth-order valence-corrected chi connectivity index (χ4v) is 3.21. The van der Waals surface area contributed by atoms with Gasteiger partial charge < -0.3 is 9.84 Å². The Morgan fingerprint density at radius 2 is 2.14 bits per heavy atom. The zero-order valence-electron chi connectivity index (χ0n) is 13.6. The molecule has 0 aliphatic carbocycles. The Morgan fingerprint density at radius 1 is 1.45 bits per heavy atom. The van der Waals surface area contributed by atoms with E-state index in [2.05, 4.69) is 33.8 Å². The zero-order chi connectivity index (χ0) is 16.5. The van der Waals surface area contributed by atoms with E-state index in [0.29, 0.717) is 19.7 Å². The minimum atomic E-state index is -0.838. The number of nitrogens with zero attached hydrogens (tertiary/aromatic N) is 1. The molecule has 0 bridgehead atoms. The summed E-state index contributed by atoms with van der Waals surface area (Å²) < 4.78 is 5.28. The predicted octanol–water partition coefficient (Wildman–Crippen LogP) is 3.23. The second kappa shape index (κ2) is 6.57. The number of hydrogen-bond donors (Lipinski definition) is 1. The molecule has 0 saturated carbocycles. The molecule has 1 atom stereocenters. The van der Waals surface area contributed by atoms with E-state index in [-0.39, 0.29) is 12.0 Å². The summed E-state index contributed by atoms with van der Waals surface area (Å²) in [4.78, 5) is 13.3. The van der Waals surface area contributed by atoms with Gasteiger partial charge in [-0.3, -0.25) is 9.69 Å². The minimum absolute atomic E-state index is 0.0110. The van der Waals surface area contributed by atoms with Gasteiger partial charge in [0.15, 0.2) is 0 Å². The standard InChI is InChI=1S/C17H24ClNO3/c1-11-7-13(17(2,3)4)14(18)8-12(11)9-19-5-6-22-10-15(19)16(20)21/h7-8,15H,5-6,9-10H2,1-4H3,(H,20,21)/t15-/m0/s1. The van der Waals surface area contributed by atoms with Crippen LogP contribution in [0.4, 0.5) is 0 Å². The van der Waals surface area contributed by atoms with Gasteiger partial charge in [-0.2, -0.15) is 0 Å². The summed E-state index contributed by atoms with van der Waals surface area (Å²) in [6.45, 7) is 10.5. The molecule has 0 spiro atoms. The van der Waals surface area contributed by atoms with Crippen LogP contribution in [0.2, 0.25) is 5.02 Å². The maximum absolute atomic E-state index is 11.3. The summed E-state index contributed by atoms with van der Waals surface area (Å²) in [5.41, 5.74) is 3.33. The average molecular weight is 326 g/mol. The lowest BCUT2D eigenvalue weighted by atomic mass is 9.85. The monoisotopic (exact) mass is 325 g/mol. The molecule has 1 aliphatic rings. The van der Waals surface area contributed by atoms with Crippen LogP contribution in [-0.4, -0.2) is 41.8 Å². The molecule has 1 aromatic carbocycles. The number of halogens is 1. The molecule has 1 fully saturated rings. The Hall–Kier alpha value is -1.10. The van der Waals surface area contributed by atoms with Crippen LogP contribution >= 0.6 is 11.6 Å². The third kappa shape index (κ3) is 3.80. The number of carboxylic acid groups (broad SMARTS) is 1. The molecule has 0 radical (unpaired) electrons. The smallest absolute Gasteiger partial charge is 0.323 e. The molecule has 1 heterocycles. The van der Waals surface area contributed by atoms with Crippen LogP contribution in [0.3, 0.4) is 0 Å². The highest BCUT2D eigenvalue weighted by Gasteiger charge is 2.29. The van der Waals surface area contributed by atoms with E-state index >= 15 is 0 Å². The maximum atomic E-state index is 11.3. The molecule has 4 nitrogen and oxygen atoms in total. The number of hydrogen-bond acceptors (Lipinski definition) is 3.